The molecular formula is C23H29N5O3. The maximum Gasteiger partial charge on any atom is 0.276 e. The molecule has 2 aliphatic heterocycles. The lowest BCUT2D eigenvalue weighted by Crippen LogP contribution is -2.39. The van der Waals surface area contributed by atoms with Gasteiger partial charge in [-0.1, -0.05) is 25.5 Å². The number of anilines is 1. The van der Waals surface area contributed by atoms with Gasteiger partial charge in [0.15, 0.2) is 5.78 Å². The number of nitrogens with zero attached hydrogens (tertiary/aromatic N) is 4. The van der Waals surface area contributed by atoms with Gasteiger partial charge in [0.05, 0.1) is 25.5 Å². The van der Waals surface area contributed by atoms with Gasteiger partial charge in [0.2, 0.25) is 0 Å². The van der Waals surface area contributed by atoms with Crippen LogP contribution in [0.15, 0.2) is 28.1 Å². The minimum Gasteiger partial charge on any atom is -0.379 e. The Bertz CT molecular complexity index is 1060. The first-order valence-corrected chi connectivity index (χ1v) is 10.8. The van der Waals surface area contributed by atoms with Crippen LogP contribution in [0.3, 0.4) is 0 Å². The minimum atomic E-state index is -0.218. The van der Waals surface area contributed by atoms with Gasteiger partial charge >= 0.3 is 0 Å². The SMILES string of the molecule is CCCC1C=NN(C)c2c1nc(-c1cc(C(=O)CN3CCOCC3)ccc1C)[nH]c2=O. The number of aromatic amines is 1. The van der Waals surface area contributed by atoms with E-state index in [2.05, 4.69) is 21.9 Å². The minimum absolute atomic E-state index is 0.00342. The fraction of sp³-hybridized carbons (Fsp3) is 0.478. The van der Waals surface area contributed by atoms with Crippen molar-refractivity contribution in [1.82, 2.24) is 14.9 Å². The number of hydrogen-bond donors (Lipinski definition) is 1. The highest BCUT2D eigenvalue weighted by molar-refractivity contribution is 5.98. The van der Waals surface area contributed by atoms with Crippen molar-refractivity contribution in [2.75, 3.05) is 44.9 Å². The smallest absolute Gasteiger partial charge is 0.276 e. The van der Waals surface area contributed by atoms with Crippen molar-refractivity contribution in [3.63, 3.8) is 0 Å². The first-order valence-electron chi connectivity index (χ1n) is 10.8. The maximum absolute atomic E-state index is 12.9. The summed E-state index contributed by atoms with van der Waals surface area (Å²) in [6.07, 6.45) is 3.70. The Hall–Kier alpha value is -2.84. The van der Waals surface area contributed by atoms with Crippen LogP contribution in [-0.4, -0.2) is 66.8 Å². The lowest BCUT2D eigenvalue weighted by atomic mass is 9.97. The molecule has 0 bridgehead atoms. The normalized spacial score (nSPS) is 18.8. The summed E-state index contributed by atoms with van der Waals surface area (Å²) in [5.41, 5.74) is 3.36. The molecule has 1 aromatic carbocycles. The molecule has 0 amide bonds. The van der Waals surface area contributed by atoms with Gasteiger partial charge in [-0.2, -0.15) is 5.10 Å². The average Bonchev–Trinajstić information content (AvgIpc) is 2.76. The van der Waals surface area contributed by atoms with E-state index >= 15 is 0 Å². The van der Waals surface area contributed by atoms with Crippen molar-refractivity contribution in [2.24, 2.45) is 5.10 Å². The van der Waals surface area contributed by atoms with Gasteiger partial charge in [-0.15, -0.1) is 0 Å². The topological polar surface area (TPSA) is 90.9 Å². The highest BCUT2D eigenvalue weighted by atomic mass is 16.5. The highest BCUT2D eigenvalue weighted by Crippen LogP contribution is 2.31. The van der Waals surface area contributed by atoms with Crippen molar-refractivity contribution in [3.8, 4) is 11.4 Å². The summed E-state index contributed by atoms with van der Waals surface area (Å²) in [6, 6.07) is 5.61. The monoisotopic (exact) mass is 423 g/mol. The van der Waals surface area contributed by atoms with Gasteiger partial charge in [0, 0.05) is 43.4 Å². The Morgan fingerprint density at radius 1 is 1.29 bits per heavy atom. The zero-order chi connectivity index (χ0) is 22.0. The molecule has 1 saturated heterocycles. The van der Waals surface area contributed by atoms with Crippen LogP contribution in [0.4, 0.5) is 5.69 Å². The summed E-state index contributed by atoms with van der Waals surface area (Å²) >= 11 is 0. The second-order valence-corrected chi connectivity index (χ2v) is 8.17. The molecule has 3 heterocycles. The summed E-state index contributed by atoms with van der Waals surface area (Å²) in [7, 11) is 1.75. The molecule has 1 atom stereocenters. The average molecular weight is 424 g/mol. The molecule has 2 aliphatic rings. The summed E-state index contributed by atoms with van der Waals surface area (Å²) in [5, 5.41) is 5.91. The number of aromatic nitrogens is 2. The van der Waals surface area contributed by atoms with E-state index in [9.17, 15) is 9.59 Å². The molecule has 2 aromatic rings. The number of morpholine rings is 1. The molecule has 8 nitrogen and oxygen atoms in total. The Morgan fingerprint density at radius 2 is 2.06 bits per heavy atom. The van der Waals surface area contributed by atoms with Crippen molar-refractivity contribution in [2.45, 2.75) is 32.6 Å². The molecule has 164 valence electrons. The van der Waals surface area contributed by atoms with E-state index in [4.69, 9.17) is 9.72 Å². The molecule has 0 radical (unpaired) electrons. The van der Waals surface area contributed by atoms with Crippen molar-refractivity contribution < 1.29 is 9.53 Å². The largest absolute Gasteiger partial charge is 0.379 e. The van der Waals surface area contributed by atoms with E-state index in [0.717, 1.165) is 42.8 Å². The zero-order valence-electron chi connectivity index (χ0n) is 18.4. The molecule has 8 heteroatoms. The first-order chi connectivity index (χ1) is 15.0. The Kier molecular flexibility index (Phi) is 6.29. The van der Waals surface area contributed by atoms with Crippen LogP contribution in [0.2, 0.25) is 0 Å². The van der Waals surface area contributed by atoms with E-state index in [1.807, 2.05) is 31.3 Å². The Labute approximate surface area is 181 Å². The van der Waals surface area contributed by atoms with Gasteiger partial charge in [-0.05, 0) is 25.0 Å². The number of fused-ring (bicyclic) bond motifs is 1. The quantitative estimate of drug-likeness (QED) is 0.718. The second kappa shape index (κ2) is 9.11. The number of carbonyl (C=O) groups excluding carboxylic acids is 1. The van der Waals surface area contributed by atoms with Gasteiger partial charge in [0.1, 0.15) is 11.5 Å². The Balaban J connectivity index is 1.69. The van der Waals surface area contributed by atoms with Crippen molar-refractivity contribution in [3.05, 3.63) is 45.4 Å². The number of ether oxygens (including phenoxy) is 1. The lowest BCUT2D eigenvalue weighted by Gasteiger charge is -2.26. The highest BCUT2D eigenvalue weighted by Gasteiger charge is 2.26. The number of rotatable bonds is 6. The Morgan fingerprint density at radius 3 is 2.81 bits per heavy atom. The number of hydrazone groups is 1. The number of ketones is 1. The third-order valence-electron chi connectivity index (χ3n) is 5.90. The van der Waals surface area contributed by atoms with E-state index in [1.165, 1.54) is 0 Å². The van der Waals surface area contributed by atoms with Crippen LogP contribution in [-0.2, 0) is 4.74 Å². The number of nitrogens with one attached hydrogen (secondary N) is 1. The summed E-state index contributed by atoms with van der Waals surface area (Å²) in [5.74, 6) is 0.551. The summed E-state index contributed by atoms with van der Waals surface area (Å²) in [6.45, 7) is 7.26. The molecule has 1 N–H and O–H groups in total. The van der Waals surface area contributed by atoms with E-state index < -0.39 is 0 Å². The lowest BCUT2D eigenvalue weighted by molar-refractivity contribution is 0.0371. The fourth-order valence-corrected chi connectivity index (χ4v) is 4.12. The predicted molar refractivity (Wildman–Crippen MR) is 121 cm³/mol. The molecular weight excluding hydrogens is 394 g/mol. The predicted octanol–water partition coefficient (Wildman–Crippen LogP) is 2.58. The van der Waals surface area contributed by atoms with Crippen LogP contribution in [0.5, 0.6) is 0 Å². The fourth-order valence-electron chi connectivity index (χ4n) is 4.12. The maximum atomic E-state index is 12.9. The summed E-state index contributed by atoms with van der Waals surface area (Å²) < 4.78 is 5.36. The second-order valence-electron chi connectivity index (χ2n) is 8.17. The summed E-state index contributed by atoms with van der Waals surface area (Å²) in [4.78, 5) is 35.7. The van der Waals surface area contributed by atoms with Gasteiger partial charge in [-0.25, -0.2) is 4.98 Å². The van der Waals surface area contributed by atoms with E-state index in [-0.39, 0.29) is 17.3 Å². The van der Waals surface area contributed by atoms with Crippen molar-refractivity contribution >= 4 is 17.7 Å². The number of carbonyl (C=O) groups is 1. The van der Waals surface area contributed by atoms with Gasteiger partial charge in [0.25, 0.3) is 5.56 Å². The van der Waals surface area contributed by atoms with Gasteiger partial charge in [-0.3, -0.25) is 19.5 Å². The van der Waals surface area contributed by atoms with E-state index in [1.54, 1.807) is 12.1 Å². The van der Waals surface area contributed by atoms with E-state index in [0.29, 0.717) is 36.8 Å². The van der Waals surface area contributed by atoms with Crippen LogP contribution < -0.4 is 10.6 Å². The third-order valence-corrected chi connectivity index (χ3v) is 5.90. The number of hydrogen-bond acceptors (Lipinski definition) is 7. The standard InChI is InChI=1S/C23H29N5O3/c1-4-5-17-13-24-27(3)21-20(17)25-22(26-23(21)30)18-12-16(7-6-15(18)2)19(29)14-28-8-10-31-11-9-28/h6-7,12-13,17H,4-5,8-11,14H2,1-3H3,(H,25,26,30). The van der Waals surface area contributed by atoms with Crippen LogP contribution in [0.1, 0.15) is 47.3 Å². The number of H-pyrrole nitrogens is 1. The molecule has 4 rings (SSSR count). The molecule has 1 unspecified atom stereocenters. The number of benzene rings is 1. The first kappa shape index (κ1) is 21.4. The molecule has 1 aromatic heterocycles. The van der Waals surface area contributed by atoms with Crippen LogP contribution >= 0.6 is 0 Å². The molecule has 0 aliphatic carbocycles. The number of aryl methyl sites for hydroxylation is 1. The molecule has 0 saturated carbocycles. The van der Waals surface area contributed by atoms with Crippen molar-refractivity contribution in [1.29, 1.82) is 0 Å². The van der Waals surface area contributed by atoms with Crippen LogP contribution in [0, 0.1) is 6.92 Å². The van der Waals surface area contributed by atoms with Gasteiger partial charge < -0.3 is 9.72 Å². The molecule has 0 spiro atoms. The zero-order valence-corrected chi connectivity index (χ0v) is 18.4. The molecule has 31 heavy (non-hydrogen) atoms. The third kappa shape index (κ3) is 4.45. The van der Waals surface area contributed by atoms with Crippen LogP contribution in [0.25, 0.3) is 11.4 Å². The molecule has 1 fully saturated rings. The number of Topliss-reactive ketones (excluding diaryl/α,β-unsaturated/α-hetero) is 1.